The average molecular weight is 324 g/mol. The van der Waals surface area contributed by atoms with Gasteiger partial charge in [0, 0.05) is 28.2 Å². The Kier molecular flexibility index (Phi) is 5.03. The van der Waals surface area contributed by atoms with E-state index in [1.807, 2.05) is 19.9 Å². The molecule has 0 unspecified atom stereocenters. The standard InChI is InChI=1S/C16H22BrNO/c1-3-6-16(19)14-9-12(17)10-15(11(14)2)18-13-7-4-5-8-13/h9-10,13,18H,3-8H2,1-2H3. The molecule has 0 radical (unpaired) electrons. The summed E-state index contributed by atoms with van der Waals surface area (Å²) < 4.78 is 0.984. The van der Waals surface area contributed by atoms with Crippen LogP contribution in [0.15, 0.2) is 16.6 Å². The normalized spacial score (nSPS) is 15.7. The molecule has 0 saturated heterocycles. The molecule has 0 bridgehead atoms. The number of carbonyl (C=O) groups excluding carboxylic acids is 1. The van der Waals surface area contributed by atoms with Gasteiger partial charge in [-0.15, -0.1) is 0 Å². The van der Waals surface area contributed by atoms with Gasteiger partial charge in [-0.1, -0.05) is 35.7 Å². The third kappa shape index (κ3) is 3.59. The zero-order valence-corrected chi connectivity index (χ0v) is 13.3. The van der Waals surface area contributed by atoms with Gasteiger partial charge < -0.3 is 5.32 Å². The van der Waals surface area contributed by atoms with Crippen molar-refractivity contribution in [3.63, 3.8) is 0 Å². The van der Waals surface area contributed by atoms with E-state index in [2.05, 4.69) is 27.3 Å². The lowest BCUT2D eigenvalue weighted by Gasteiger charge is -2.18. The maximum absolute atomic E-state index is 12.2. The van der Waals surface area contributed by atoms with Gasteiger partial charge in [-0.3, -0.25) is 4.79 Å². The number of ketones is 1. The predicted molar refractivity (Wildman–Crippen MR) is 84.0 cm³/mol. The molecule has 1 aliphatic rings. The fraction of sp³-hybridized carbons (Fsp3) is 0.562. The summed E-state index contributed by atoms with van der Waals surface area (Å²) in [5.41, 5.74) is 3.06. The molecule has 0 heterocycles. The van der Waals surface area contributed by atoms with Gasteiger partial charge in [-0.2, -0.15) is 0 Å². The molecule has 1 fully saturated rings. The largest absolute Gasteiger partial charge is 0.382 e. The molecular formula is C16H22BrNO. The molecule has 0 atom stereocenters. The highest BCUT2D eigenvalue weighted by atomic mass is 79.9. The van der Waals surface area contributed by atoms with Gasteiger partial charge in [0.05, 0.1) is 0 Å². The first-order valence-corrected chi connectivity index (χ1v) is 8.01. The fourth-order valence-electron chi connectivity index (χ4n) is 2.77. The zero-order valence-electron chi connectivity index (χ0n) is 11.8. The van der Waals surface area contributed by atoms with Gasteiger partial charge in [-0.25, -0.2) is 0 Å². The molecule has 0 aliphatic heterocycles. The van der Waals surface area contributed by atoms with E-state index < -0.39 is 0 Å². The molecule has 1 aliphatic carbocycles. The third-order valence-electron chi connectivity index (χ3n) is 3.86. The van der Waals surface area contributed by atoms with Crippen LogP contribution in [0, 0.1) is 6.92 Å². The Hall–Kier alpha value is -0.830. The lowest BCUT2D eigenvalue weighted by Crippen LogP contribution is -2.16. The second-order valence-corrected chi connectivity index (χ2v) is 6.34. The van der Waals surface area contributed by atoms with Crippen LogP contribution in [0.2, 0.25) is 0 Å². The lowest BCUT2D eigenvalue weighted by molar-refractivity contribution is 0.0981. The Morgan fingerprint density at radius 3 is 2.68 bits per heavy atom. The Labute approximate surface area is 124 Å². The second kappa shape index (κ2) is 6.56. The Morgan fingerprint density at radius 1 is 1.37 bits per heavy atom. The van der Waals surface area contributed by atoms with Gasteiger partial charge in [0.25, 0.3) is 0 Å². The highest BCUT2D eigenvalue weighted by Gasteiger charge is 2.18. The molecule has 1 saturated carbocycles. The van der Waals surface area contributed by atoms with Crippen LogP contribution in [0.4, 0.5) is 5.69 Å². The van der Waals surface area contributed by atoms with E-state index in [9.17, 15) is 4.79 Å². The van der Waals surface area contributed by atoms with Crippen molar-refractivity contribution in [2.75, 3.05) is 5.32 Å². The van der Waals surface area contributed by atoms with Crippen molar-refractivity contribution in [1.82, 2.24) is 0 Å². The molecule has 3 heteroatoms. The first kappa shape index (κ1) is 14.6. The van der Waals surface area contributed by atoms with Gasteiger partial charge >= 0.3 is 0 Å². The minimum Gasteiger partial charge on any atom is -0.382 e. The molecule has 0 spiro atoms. The maximum Gasteiger partial charge on any atom is 0.163 e. The van der Waals surface area contributed by atoms with E-state index >= 15 is 0 Å². The summed E-state index contributed by atoms with van der Waals surface area (Å²) in [7, 11) is 0. The number of hydrogen-bond donors (Lipinski definition) is 1. The van der Waals surface area contributed by atoms with E-state index in [1.165, 1.54) is 25.7 Å². The van der Waals surface area contributed by atoms with Crippen molar-refractivity contribution in [1.29, 1.82) is 0 Å². The van der Waals surface area contributed by atoms with Crippen LogP contribution in [0.25, 0.3) is 0 Å². The van der Waals surface area contributed by atoms with Crippen molar-refractivity contribution >= 4 is 27.4 Å². The molecule has 104 valence electrons. The molecule has 2 nitrogen and oxygen atoms in total. The highest BCUT2D eigenvalue weighted by molar-refractivity contribution is 9.10. The van der Waals surface area contributed by atoms with Crippen LogP contribution in [0.1, 0.15) is 61.4 Å². The lowest BCUT2D eigenvalue weighted by atomic mass is 10.00. The van der Waals surface area contributed by atoms with Crippen molar-refractivity contribution < 1.29 is 4.79 Å². The van der Waals surface area contributed by atoms with Crippen LogP contribution in [-0.4, -0.2) is 11.8 Å². The molecular weight excluding hydrogens is 302 g/mol. The first-order valence-electron chi connectivity index (χ1n) is 7.21. The van der Waals surface area contributed by atoms with Crippen molar-refractivity contribution in [3.8, 4) is 0 Å². The summed E-state index contributed by atoms with van der Waals surface area (Å²) in [5.74, 6) is 0.246. The predicted octanol–water partition coefficient (Wildman–Crippen LogP) is 5.09. The van der Waals surface area contributed by atoms with Crippen molar-refractivity contribution in [2.45, 2.75) is 58.4 Å². The molecule has 2 rings (SSSR count). The van der Waals surface area contributed by atoms with E-state index in [0.29, 0.717) is 12.5 Å². The van der Waals surface area contributed by atoms with Crippen molar-refractivity contribution in [2.24, 2.45) is 0 Å². The Bertz CT molecular complexity index is 464. The number of rotatable bonds is 5. The van der Waals surface area contributed by atoms with Gasteiger partial charge in [0.15, 0.2) is 5.78 Å². The molecule has 0 aromatic heterocycles. The summed E-state index contributed by atoms with van der Waals surface area (Å²) in [5, 5.41) is 3.61. The van der Waals surface area contributed by atoms with E-state index in [-0.39, 0.29) is 5.78 Å². The summed E-state index contributed by atoms with van der Waals surface area (Å²) in [6, 6.07) is 4.62. The molecule has 0 amide bonds. The summed E-state index contributed by atoms with van der Waals surface area (Å²) >= 11 is 3.52. The smallest absolute Gasteiger partial charge is 0.163 e. The van der Waals surface area contributed by atoms with Crippen molar-refractivity contribution in [3.05, 3.63) is 27.7 Å². The first-order chi connectivity index (χ1) is 9.11. The summed E-state index contributed by atoms with van der Waals surface area (Å²) in [4.78, 5) is 12.2. The summed E-state index contributed by atoms with van der Waals surface area (Å²) in [6.45, 7) is 4.09. The van der Waals surface area contributed by atoms with Gasteiger partial charge in [0.2, 0.25) is 0 Å². The monoisotopic (exact) mass is 323 g/mol. The fourth-order valence-corrected chi connectivity index (χ4v) is 3.23. The SMILES string of the molecule is CCCC(=O)c1cc(Br)cc(NC2CCCC2)c1C. The quantitative estimate of drug-likeness (QED) is 0.764. The number of carbonyl (C=O) groups is 1. The van der Waals surface area contributed by atoms with Crippen LogP contribution in [0.5, 0.6) is 0 Å². The zero-order chi connectivity index (χ0) is 13.8. The van der Waals surface area contributed by atoms with Crippen LogP contribution < -0.4 is 5.32 Å². The Morgan fingerprint density at radius 2 is 2.05 bits per heavy atom. The Balaban J connectivity index is 2.25. The van der Waals surface area contributed by atoms with E-state index in [1.54, 1.807) is 0 Å². The average Bonchev–Trinajstić information content (AvgIpc) is 2.86. The van der Waals surface area contributed by atoms with E-state index in [0.717, 1.165) is 27.7 Å². The number of halogens is 1. The number of anilines is 1. The van der Waals surface area contributed by atoms with Crippen LogP contribution in [-0.2, 0) is 0 Å². The van der Waals surface area contributed by atoms with Gasteiger partial charge in [-0.05, 0) is 43.9 Å². The second-order valence-electron chi connectivity index (χ2n) is 5.42. The molecule has 19 heavy (non-hydrogen) atoms. The van der Waals surface area contributed by atoms with Crippen LogP contribution in [0.3, 0.4) is 0 Å². The number of benzene rings is 1. The summed E-state index contributed by atoms with van der Waals surface area (Å²) in [6.07, 6.45) is 6.63. The number of Topliss-reactive ketones (excluding diaryl/α,β-unsaturated/α-hetero) is 1. The maximum atomic E-state index is 12.2. The molecule has 1 N–H and O–H groups in total. The minimum absolute atomic E-state index is 0.246. The van der Waals surface area contributed by atoms with Gasteiger partial charge in [0.1, 0.15) is 0 Å². The number of nitrogens with one attached hydrogen (secondary N) is 1. The topological polar surface area (TPSA) is 29.1 Å². The molecule has 1 aromatic rings. The van der Waals surface area contributed by atoms with Crippen LogP contribution >= 0.6 is 15.9 Å². The number of hydrogen-bond acceptors (Lipinski definition) is 2. The van der Waals surface area contributed by atoms with E-state index in [4.69, 9.17) is 0 Å². The molecule has 1 aromatic carbocycles. The highest BCUT2D eigenvalue weighted by Crippen LogP contribution is 2.29. The third-order valence-corrected chi connectivity index (χ3v) is 4.32. The minimum atomic E-state index is 0.246.